The van der Waals surface area contributed by atoms with Crippen molar-refractivity contribution >= 4 is 44.7 Å². The van der Waals surface area contributed by atoms with Gasteiger partial charge in [-0.3, -0.25) is 14.2 Å². The quantitative estimate of drug-likeness (QED) is 0.517. The summed E-state index contributed by atoms with van der Waals surface area (Å²) in [5.41, 5.74) is -1.24. The van der Waals surface area contributed by atoms with Gasteiger partial charge in [0.1, 0.15) is 22.9 Å². The Bertz CT molecular complexity index is 1410. The Labute approximate surface area is 176 Å². The molecule has 0 aliphatic carbocycles. The van der Waals surface area contributed by atoms with Gasteiger partial charge in [0.2, 0.25) is 5.91 Å². The molecule has 0 aliphatic rings. The first-order valence-electron chi connectivity index (χ1n) is 8.59. The van der Waals surface area contributed by atoms with E-state index in [1.165, 1.54) is 36.4 Å². The summed E-state index contributed by atoms with van der Waals surface area (Å²) >= 11 is 6.79. The lowest BCUT2D eigenvalue weighted by atomic mass is 10.3. The molecule has 152 valence electrons. The molecule has 0 aliphatic heterocycles. The van der Waals surface area contributed by atoms with Gasteiger partial charge in [-0.05, 0) is 41.8 Å². The normalized spacial score (nSPS) is 11.0. The monoisotopic (exact) mass is 447 g/mol. The molecule has 30 heavy (non-hydrogen) atoms. The lowest BCUT2D eigenvalue weighted by Gasteiger charge is -2.13. The summed E-state index contributed by atoms with van der Waals surface area (Å²) < 4.78 is 29.6. The molecule has 10 heteroatoms. The first kappa shape index (κ1) is 20.0. The second kappa shape index (κ2) is 7.85. The molecule has 4 rings (SSSR count). The molecular weight excluding hydrogens is 436 g/mol. The van der Waals surface area contributed by atoms with Crippen molar-refractivity contribution in [2.75, 3.05) is 5.32 Å². The van der Waals surface area contributed by atoms with E-state index in [1.54, 1.807) is 5.38 Å². The van der Waals surface area contributed by atoms with Crippen molar-refractivity contribution in [2.45, 2.75) is 6.54 Å². The zero-order chi connectivity index (χ0) is 21.4. The summed E-state index contributed by atoms with van der Waals surface area (Å²) in [4.78, 5) is 38.4. The molecular formula is C20H12ClF2N3O3S. The van der Waals surface area contributed by atoms with Crippen LogP contribution < -0.4 is 16.6 Å². The smallest absolute Gasteiger partial charge is 0.324 e. The molecule has 0 fully saturated rings. The van der Waals surface area contributed by atoms with E-state index in [-0.39, 0.29) is 26.6 Å². The van der Waals surface area contributed by atoms with Crippen LogP contribution in [0.3, 0.4) is 0 Å². The number of thiophene rings is 1. The van der Waals surface area contributed by atoms with E-state index in [0.717, 1.165) is 28.0 Å². The van der Waals surface area contributed by atoms with Gasteiger partial charge in [-0.1, -0.05) is 23.7 Å². The summed E-state index contributed by atoms with van der Waals surface area (Å²) in [7, 11) is 0. The van der Waals surface area contributed by atoms with Crippen LogP contribution in [0, 0.1) is 11.6 Å². The van der Waals surface area contributed by atoms with Gasteiger partial charge in [0.15, 0.2) is 0 Å². The number of nitrogens with zero attached hydrogens (tertiary/aromatic N) is 2. The first-order chi connectivity index (χ1) is 14.4. The van der Waals surface area contributed by atoms with Crippen LogP contribution in [0.25, 0.3) is 15.9 Å². The van der Waals surface area contributed by atoms with Gasteiger partial charge in [-0.25, -0.2) is 18.1 Å². The second-order valence-electron chi connectivity index (χ2n) is 6.27. The van der Waals surface area contributed by atoms with E-state index in [9.17, 15) is 23.2 Å². The Morgan fingerprint density at radius 2 is 1.83 bits per heavy atom. The van der Waals surface area contributed by atoms with Crippen LogP contribution in [-0.2, 0) is 11.3 Å². The molecule has 2 heterocycles. The molecule has 0 saturated carbocycles. The number of halogens is 3. The molecule has 2 aromatic heterocycles. The topological polar surface area (TPSA) is 73.1 Å². The predicted molar refractivity (Wildman–Crippen MR) is 112 cm³/mol. The SMILES string of the molecule is O=C(Cn1c(=O)n(-c2ccccc2F)c(=O)c2sccc21)Nc1ccc(F)c(Cl)c1. The van der Waals surface area contributed by atoms with Gasteiger partial charge in [0, 0.05) is 5.69 Å². The number of para-hydroxylation sites is 1. The van der Waals surface area contributed by atoms with Crippen LogP contribution in [-0.4, -0.2) is 15.0 Å². The van der Waals surface area contributed by atoms with E-state index in [1.807, 2.05) is 0 Å². The molecule has 0 spiro atoms. The summed E-state index contributed by atoms with van der Waals surface area (Å²) in [5.74, 6) is -1.99. The molecule has 0 atom stereocenters. The van der Waals surface area contributed by atoms with Crippen molar-refractivity contribution in [3.8, 4) is 5.69 Å². The lowest BCUT2D eigenvalue weighted by molar-refractivity contribution is -0.116. The number of nitrogens with one attached hydrogen (secondary N) is 1. The number of rotatable bonds is 4. The Balaban J connectivity index is 1.79. The molecule has 1 amide bonds. The van der Waals surface area contributed by atoms with Gasteiger partial charge >= 0.3 is 5.69 Å². The van der Waals surface area contributed by atoms with Crippen LogP contribution in [0.5, 0.6) is 0 Å². The highest BCUT2D eigenvalue weighted by Crippen LogP contribution is 2.20. The Hall–Kier alpha value is -3.30. The number of anilines is 1. The van der Waals surface area contributed by atoms with Gasteiger partial charge in [-0.2, -0.15) is 0 Å². The number of hydrogen-bond donors (Lipinski definition) is 1. The fraction of sp³-hybridized carbons (Fsp3) is 0.0500. The highest BCUT2D eigenvalue weighted by molar-refractivity contribution is 7.17. The standard InChI is InChI=1S/C20H12ClF2N3O3S/c21-12-9-11(5-6-13(12)22)24-17(27)10-25-16-7-8-30-18(16)19(28)26(20(25)29)15-4-2-1-3-14(15)23/h1-9H,10H2,(H,24,27). The average Bonchev–Trinajstić information content (AvgIpc) is 3.20. The number of hydrogen-bond acceptors (Lipinski definition) is 4. The fourth-order valence-electron chi connectivity index (χ4n) is 3.00. The highest BCUT2D eigenvalue weighted by Gasteiger charge is 2.19. The predicted octanol–water partition coefficient (Wildman–Crippen LogP) is 3.78. The summed E-state index contributed by atoms with van der Waals surface area (Å²) in [6, 6.07) is 10.6. The number of aromatic nitrogens is 2. The molecule has 6 nitrogen and oxygen atoms in total. The van der Waals surface area contributed by atoms with E-state index < -0.39 is 35.3 Å². The summed E-state index contributed by atoms with van der Waals surface area (Å²) in [6.07, 6.45) is 0. The Morgan fingerprint density at radius 1 is 1.07 bits per heavy atom. The van der Waals surface area contributed by atoms with E-state index in [4.69, 9.17) is 11.6 Å². The number of carbonyl (C=O) groups excluding carboxylic acids is 1. The maximum Gasteiger partial charge on any atom is 0.336 e. The minimum Gasteiger partial charge on any atom is -0.324 e. The average molecular weight is 448 g/mol. The van der Waals surface area contributed by atoms with Gasteiger partial charge < -0.3 is 5.32 Å². The fourth-order valence-corrected chi connectivity index (χ4v) is 4.01. The third kappa shape index (κ3) is 3.53. The number of carbonyl (C=O) groups is 1. The third-order valence-corrected chi connectivity index (χ3v) is 5.53. The number of amides is 1. The Kier molecular flexibility index (Phi) is 5.23. The lowest BCUT2D eigenvalue weighted by Crippen LogP contribution is -2.40. The molecule has 1 N–H and O–H groups in total. The zero-order valence-corrected chi connectivity index (χ0v) is 16.6. The number of fused-ring (bicyclic) bond motifs is 1. The summed E-state index contributed by atoms with van der Waals surface area (Å²) in [6.45, 7) is -0.449. The van der Waals surface area contributed by atoms with Crippen LogP contribution in [0.15, 0.2) is 63.5 Å². The minimum atomic E-state index is -0.858. The van der Waals surface area contributed by atoms with Crippen LogP contribution in [0.2, 0.25) is 5.02 Å². The molecule has 0 saturated heterocycles. The van der Waals surface area contributed by atoms with Crippen LogP contribution in [0.1, 0.15) is 0 Å². The van der Waals surface area contributed by atoms with Crippen molar-refractivity contribution in [2.24, 2.45) is 0 Å². The Morgan fingerprint density at radius 3 is 2.57 bits per heavy atom. The number of benzene rings is 2. The van der Waals surface area contributed by atoms with Gasteiger partial charge in [0.25, 0.3) is 5.56 Å². The summed E-state index contributed by atoms with van der Waals surface area (Å²) in [5, 5.41) is 3.95. The molecule has 2 aromatic carbocycles. The van der Waals surface area contributed by atoms with Crippen molar-refractivity contribution in [3.63, 3.8) is 0 Å². The second-order valence-corrected chi connectivity index (χ2v) is 7.60. The molecule has 0 bridgehead atoms. The van der Waals surface area contributed by atoms with Crippen molar-refractivity contribution < 1.29 is 13.6 Å². The van der Waals surface area contributed by atoms with Crippen LogP contribution in [0.4, 0.5) is 14.5 Å². The van der Waals surface area contributed by atoms with Gasteiger partial charge in [-0.15, -0.1) is 11.3 Å². The molecule has 0 unspecified atom stereocenters. The first-order valence-corrected chi connectivity index (χ1v) is 9.85. The van der Waals surface area contributed by atoms with E-state index in [0.29, 0.717) is 4.57 Å². The highest BCUT2D eigenvalue weighted by atomic mass is 35.5. The maximum atomic E-state index is 14.3. The van der Waals surface area contributed by atoms with E-state index >= 15 is 0 Å². The van der Waals surface area contributed by atoms with Gasteiger partial charge in [0.05, 0.1) is 16.2 Å². The zero-order valence-electron chi connectivity index (χ0n) is 15.1. The largest absolute Gasteiger partial charge is 0.336 e. The molecule has 0 radical (unpaired) electrons. The van der Waals surface area contributed by atoms with Crippen molar-refractivity contribution in [1.82, 2.24) is 9.13 Å². The minimum absolute atomic E-state index is 0.168. The third-order valence-electron chi connectivity index (χ3n) is 4.35. The van der Waals surface area contributed by atoms with E-state index in [2.05, 4.69) is 5.32 Å². The maximum absolute atomic E-state index is 14.3. The van der Waals surface area contributed by atoms with Crippen LogP contribution >= 0.6 is 22.9 Å². The van der Waals surface area contributed by atoms with Crippen molar-refractivity contribution in [1.29, 1.82) is 0 Å². The molecule has 4 aromatic rings. The van der Waals surface area contributed by atoms with Crippen molar-refractivity contribution in [3.05, 3.63) is 91.4 Å².